The minimum Gasteiger partial charge on any atom is -0.507 e. The van der Waals surface area contributed by atoms with Gasteiger partial charge in [-0.3, -0.25) is 25.1 Å². The average molecular weight is 394 g/mol. The van der Waals surface area contributed by atoms with Crippen LogP contribution in [0.25, 0.3) is 11.3 Å². The Hall–Kier alpha value is -2.77. The number of nitrogens with one attached hydrogen (secondary N) is 2. The number of aromatic hydroxyl groups is 1. The molecule has 1 heterocycles. The Kier molecular flexibility index (Phi) is 5.01. The van der Waals surface area contributed by atoms with Crippen LogP contribution in [0.15, 0.2) is 47.3 Å². The Bertz CT molecular complexity index is 1030. The van der Waals surface area contributed by atoms with Crippen molar-refractivity contribution in [3.8, 4) is 17.0 Å². The molecule has 0 saturated heterocycles. The molecular weight excluding hydrogens is 381 g/mol. The molecule has 9 heteroatoms. The van der Waals surface area contributed by atoms with Gasteiger partial charge in [-0.05, 0) is 29.8 Å². The summed E-state index contributed by atoms with van der Waals surface area (Å²) in [6.07, 6.45) is 0. The Balaban J connectivity index is 2.23. The number of nitrogens with zero attached hydrogens (tertiary/aromatic N) is 1. The largest absolute Gasteiger partial charge is 0.507 e. The smallest absolute Gasteiger partial charge is 0.268 e. The molecule has 26 heavy (non-hydrogen) atoms. The van der Waals surface area contributed by atoms with Crippen molar-refractivity contribution in [2.45, 2.75) is 5.92 Å². The number of benzene rings is 2. The quantitative estimate of drug-likeness (QED) is 0.451. The molecule has 3 N–H and O–H groups in total. The van der Waals surface area contributed by atoms with E-state index in [0.717, 1.165) is 0 Å². The first-order chi connectivity index (χ1) is 12.4. The fourth-order valence-corrected chi connectivity index (χ4v) is 3.42. The molecule has 0 saturated carbocycles. The predicted octanol–water partition coefficient (Wildman–Crippen LogP) is 3.79. The number of nitro groups is 1. The lowest BCUT2D eigenvalue weighted by atomic mass is 9.89. The van der Waals surface area contributed by atoms with Crippen molar-refractivity contribution in [1.82, 2.24) is 10.2 Å². The number of aromatic nitrogens is 2. The van der Waals surface area contributed by atoms with Crippen LogP contribution in [-0.2, 0) is 0 Å². The lowest BCUT2D eigenvalue weighted by Crippen LogP contribution is -2.20. The second-order valence-electron chi connectivity index (χ2n) is 5.62. The Labute approximate surface area is 157 Å². The molecule has 0 aliphatic heterocycles. The van der Waals surface area contributed by atoms with E-state index in [-0.39, 0.29) is 22.0 Å². The van der Waals surface area contributed by atoms with Gasteiger partial charge in [-0.1, -0.05) is 41.4 Å². The van der Waals surface area contributed by atoms with Crippen molar-refractivity contribution >= 4 is 23.2 Å². The Morgan fingerprint density at radius 1 is 1.15 bits per heavy atom. The van der Waals surface area contributed by atoms with Crippen LogP contribution in [0.5, 0.6) is 5.75 Å². The third kappa shape index (κ3) is 3.44. The summed E-state index contributed by atoms with van der Waals surface area (Å²) < 4.78 is 0. The molecule has 0 fully saturated rings. The van der Waals surface area contributed by atoms with Crippen LogP contribution < -0.4 is 5.56 Å². The topological polar surface area (TPSA) is 112 Å². The van der Waals surface area contributed by atoms with Crippen LogP contribution in [0.4, 0.5) is 0 Å². The SMILES string of the molecule is O=c1[nH][nH]c(-c2ccccc2O)c1[C@@H](C[N+](=O)[O-])c1ccc(Cl)cc1Cl. The number of rotatable bonds is 5. The molecule has 0 bridgehead atoms. The van der Waals surface area contributed by atoms with E-state index >= 15 is 0 Å². The minimum absolute atomic E-state index is 0.0638. The monoisotopic (exact) mass is 393 g/mol. The van der Waals surface area contributed by atoms with Crippen LogP contribution in [-0.4, -0.2) is 26.8 Å². The van der Waals surface area contributed by atoms with E-state index in [1.165, 1.54) is 12.1 Å². The Morgan fingerprint density at radius 3 is 2.54 bits per heavy atom. The first kappa shape index (κ1) is 18.0. The molecule has 3 rings (SSSR count). The summed E-state index contributed by atoms with van der Waals surface area (Å²) in [5.41, 5.74) is 0.605. The summed E-state index contributed by atoms with van der Waals surface area (Å²) in [6, 6.07) is 10.9. The van der Waals surface area contributed by atoms with Crippen LogP contribution in [0.2, 0.25) is 10.0 Å². The van der Waals surface area contributed by atoms with Crippen molar-refractivity contribution in [1.29, 1.82) is 0 Å². The fraction of sp³-hybridized carbons (Fsp3) is 0.118. The van der Waals surface area contributed by atoms with E-state index in [9.17, 15) is 20.0 Å². The van der Waals surface area contributed by atoms with E-state index in [1.54, 1.807) is 30.3 Å². The molecule has 0 aliphatic rings. The highest BCUT2D eigenvalue weighted by atomic mass is 35.5. The predicted molar refractivity (Wildman–Crippen MR) is 98.7 cm³/mol. The fourth-order valence-electron chi connectivity index (χ4n) is 2.88. The molecule has 2 aromatic carbocycles. The molecule has 1 atom stereocenters. The first-order valence-corrected chi connectivity index (χ1v) is 8.29. The number of phenolic OH excluding ortho intramolecular Hbond substituents is 1. The van der Waals surface area contributed by atoms with Crippen LogP contribution in [0.1, 0.15) is 17.0 Å². The minimum atomic E-state index is -0.931. The summed E-state index contributed by atoms with van der Waals surface area (Å²) >= 11 is 12.1. The zero-order chi connectivity index (χ0) is 18.8. The van der Waals surface area contributed by atoms with E-state index in [0.29, 0.717) is 16.1 Å². The molecule has 1 aromatic heterocycles. The van der Waals surface area contributed by atoms with Crippen molar-refractivity contribution in [2.24, 2.45) is 0 Å². The summed E-state index contributed by atoms with van der Waals surface area (Å²) in [7, 11) is 0. The van der Waals surface area contributed by atoms with E-state index < -0.39 is 22.9 Å². The van der Waals surface area contributed by atoms with E-state index in [1.807, 2.05) is 0 Å². The molecule has 0 amide bonds. The maximum Gasteiger partial charge on any atom is 0.268 e. The van der Waals surface area contributed by atoms with Gasteiger partial charge in [-0.25, -0.2) is 0 Å². The third-order valence-corrected chi connectivity index (χ3v) is 4.57. The van der Waals surface area contributed by atoms with Gasteiger partial charge >= 0.3 is 0 Å². The molecule has 0 spiro atoms. The van der Waals surface area contributed by atoms with Gasteiger partial charge in [0.1, 0.15) is 5.75 Å². The van der Waals surface area contributed by atoms with E-state index in [2.05, 4.69) is 10.2 Å². The number of halogens is 2. The average Bonchev–Trinajstić information content (AvgIpc) is 2.95. The molecular formula is C17H13Cl2N3O4. The van der Waals surface area contributed by atoms with Gasteiger partial charge in [0.05, 0.1) is 17.2 Å². The van der Waals surface area contributed by atoms with Crippen LogP contribution in [0, 0.1) is 10.1 Å². The first-order valence-electron chi connectivity index (χ1n) is 7.54. The van der Waals surface area contributed by atoms with Gasteiger partial charge < -0.3 is 5.11 Å². The number of phenols is 1. The van der Waals surface area contributed by atoms with Crippen LogP contribution in [0.3, 0.4) is 0 Å². The summed E-state index contributed by atoms with van der Waals surface area (Å²) in [5, 5.41) is 27.1. The standard InChI is InChI=1S/C17H13Cl2N3O4/c18-9-5-6-10(13(19)7-9)12(8-22(25)26)15-16(20-21-17(15)24)11-3-1-2-4-14(11)23/h1-7,12,23H,8H2,(H2,20,21,24)/t12-/m0/s1. The van der Waals surface area contributed by atoms with Gasteiger partial charge in [-0.2, -0.15) is 0 Å². The lowest BCUT2D eigenvalue weighted by Gasteiger charge is -2.15. The number of hydrogen-bond donors (Lipinski definition) is 3. The number of aromatic amines is 2. The summed E-state index contributed by atoms with van der Waals surface area (Å²) in [4.78, 5) is 23.2. The van der Waals surface area contributed by atoms with E-state index in [4.69, 9.17) is 23.2 Å². The highest BCUT2D eigenvalue weighted by Gasteiger charge is 2.30. The molecule has 3 aromatic rings. The summed E-state index contributed by atoms with van der Waals surface area (Å²) in [6.45, 7) is -0.553. The summed E-state index contributed by atoms with van der Waals surface area (Å²) in [5.74, 6) is -0.995. The van der Waals surface area contributed by atoms with Crippen molar-refractivity contribution in [2.75, 3.05) is 6.54 Å². The van der Waals surface area contributed by atoms with Crippen molar-refractivity contribution in [3.05, 3.63) is 84.1 Å². The number of hydrogen-bond acceptors (Lipinski definition) is 4. The van der Waals surface area contributed by atoms with Crippen LogP contribution >= 0.6 is 23.2 Å². The molecule has 0 unspecified atom stereocenters. The van der Waals surface area contributed by atoms with Gasteiger partial charge in [0.2, 0.25) is 6.54 Å². The number of H-pyrrole nitrogens is 2. The highest BCUT2D eigenvalue weighted by Crippen LogP contribution is 2.37. The maximum atomic E-state index is 12.4. The van der Waals surface area contributed by atoms with Crippen molar-refractivity contribution in [3.63, 3.8) is 0 Å². The van der Waals surface area contributed by atoms with Gasteiger partial charge in [0.25, 0.3) is 5.56 Å². The zero-order valence-corrected chi connectivity index (χ0v) is 14.7. The second kappa shape index (κ2) is 7.23. The normalized spacial score (nSPS) is 12.1. The molecule has 0 radical (unpaired) electrons. The highest BCUT2D eigenvalue weighted by molar-refractivity contribution is 6.35. The lowest BCUT2D eigenvalue weighted by molar-refractivity contribution is -0.481. The Morgan fingerprint density at radius 2 is 1.88 bits per heavy atom. The zero-order valence-electron chi connectivity index (χ0n) is 13.2. The second-order valence-corrected chi connectivity index (χ2v) is 6.46. The number of para-hydroxylation sites is 1. The maximum absolute atomic E-state index is 12.4. The molecule has 7 nitrogen and oxygen atoms in total. The molecule has 134 valence electrons. The molecule has 0 aliphatic carbocycles. The van der Waals surface area contributed by atoms with Gasteiger partial charge in [-0.15, -0.1) is 0 Å². The third-order valence-electron chi connectivity index (χ3n) is 4.01. The van der Waals surface area contributed by atoms with Gasteiger partial charge in [0, 0.05) is 20.5 Å². The van der Waals surface area contributed by atoms with Gasteiger partial charge in [0.15, 0.2) is 0 Å². The van der Waals surface area contributed by atoms with Crippen molar-refractivity contribution < 1.29 is 10.0 Å².